The molecule has 0 amide bonds. The van der Waals surface area contributed by atoms with Crippen LogP contribution >= 0.6 is 0 Å². The molecule has 0 bridgehead atoms. The van der Waals surface area contributed by atoms with Crippen molar-refractivity contribution in [1.82, 2.24) is 9.97 Å². The minimum Gasteiger partial charge on any atom is -0.489 e. The summed E-state index contributed by atoms with van der Waals surface area (Å²) in [4.78, 5) is 17.8. The number of anilines is 1. The SMILES string of the molecule is COc1c(NCc2ccccc2F)nc[nH]c1=O. The molecular formula is C12H12FN3O2. The van der Waals surface area contributed by atoms with Crippen LogP contribution in [0.15, 0.2) is 35.4 Å². The molecule has 2 N–H and O–H groups in total. The van der Waals surface area contributed by atoms with Gasteiger partial charge in [-0.2, -0.15) is 0 Å². The molecule has 0 spiro atoms. The zero-order valence-corrected chi connectivity index (χ0v) is 9.74. The van der Waals surface area contributed by atoms with Crippen LogP contribution in [0, 0.1) is 5.82 Å². The lowest BCUT2D eigenvalue weighted by Gasteiger charge is -2.09. The second-order valence-corrected chi connectivity index (χ2v) is 3.56. The third-order valence-electron chi connectivity index (χ3n) is 2.42. The molecule has 0 unspecified atom stereocenters. The maximum atomic E-state index is 13.4. The molecule has 0 saturated carbocycles. The van der Waals surface area contributed by atoms with Crippen LogP contribution in [0.1, 0.15) is 5.56 Å². The van der Waals surface area contributed by atoms with Gasteiger partial charge >= 0.3 is 0 Å². The highest BCUT2D eigenvalue weighted by Crippen LogP contribution is 2.16. The zero-order valence-electron chi connectivity index (χ0n) is 9.74. The third kappa shape index (κ3) is 2.48. The lowest BCUT2D eigenvalue weighted by molar-refractivity contribution is 0.408. The van der Waals surface area contributed by atoms with Crippen molar-refractivity contribution < 1.29 is 9.13 Å². The molecule has 94 valence electrons. The first-order chi connectivity index (χ1) is 8.72. The molecule has 0 aliphatic carbocycles. The largest absolute Gasteiger partial charge is 0.489 e. The fourth-order valence-corrected chi connectivity index (χ4v) is 1.52. The van der Waals surface area contributed by atoms with Crippen LogP contribution < -0.4 is 15.6 Å². The smallest absolute Gasteiger partial charge is 0.295 e. The van der Waals surface area contributed by atoms with E-state index in [0.717, 1.165) is 0 Å². The highest BCUT2D eigenvalue weighted by atomic mass is 19.1. The van der Waals surface area contributed by atoms with E-state index in [1.165, 1.54) is 19.5 Å². The van der Waals surface area contributed by atoms with Crippen molar-refractivity contribution in [3.63, 3.8) is 0 Å². The number of methoxy groups -OCH3 is 1. The summed E-state index contributed by atoms with van der Waals surface area (Å²) in [5.74, 6) is 0.0483. The maximum Gasteiger partial charge on any atom is 0.295 e. The van der Waals surface area contributed by atoms with Gasteiger partial charge in [-0.1, -0.05) is 18.2 Å². The molecule has 2 rings (SSSR count). The summed E-state index contributed by atoms with van der Waals surface area (Å²) in [6, 6.07) is 6.38. The van der Waals surface area contributed by atoms with Crippen LogP contribution in [0.5, 0.6) is 5.75 Å². The van der Waals surface area contributed by atoms with E-state index in [1.807, 2.05) is 0 Å². The van der Waals surface area contributed by atoms with Gasteiger partial charge in [-0.05, 0) is 6.07 Å². The molecule has 0 radical (unpaired) electrons. The van der Waals surface area contributed by atoms with Gasteiger partial charge in [0.15, 0.2) is 5.82 Å². The summed E-state index contributed by atoms with van der Waals surface area (Å²) >= 11 is 0. The number of aromatic amines is 1. The number of hydrogen-bond donors (Lipinski definition) is 2. The van der Waals surface area contributed by atoms with Crippen molar-refractivity contribution in [3.8, 4) is 5.75 Å². The molecule has 0 saturated heterocycles. The van der Waals surface area contributed by atoms with Crippen LogP contribution in [0.3, 0.4) is 0 Å². The number of nitrogens with zero attached hydrogens (tertiary/aromatic N) is 1. The van der Waals surface area contributed by atoms with Gasteiger partial charge < -0.3 is 15.0 Å². The number of rotatable bonds is 4. The van der Waals surface area contributed by atoms with Crippen LogP contribution in [0.2, 0.25) is 0 Å². The first kappa shape index (κ1) is 12.1. The Hall–Kier alpha value is -2.37. The van der Waals surface area contributed by atoms with E-state index in [-0.39, 0.29) is 29.5 Å². The van der Waals surface area contributed by atoms with Crippen LogP contribution in [0.25, 0.3) is 0 Å². The molecule has 0 aliphatic rings. The highest BCUT2D eigenvalue weighted by Gasteiger charge is 2.09. The molecular weight excluding hydrogens is 237 g/mol. The number of benzene rings is 1. The van der Waals surface area contributed by atoms with Crippen LogP contribution in [-0.4, -0.2) is 17.1 Å². The highest BCUT2D eigenvalue weighted by molar-refractivity contribution is 5.48. The summed E-state index contributed by atoms with van der Waals surface area (Å²) in [6.07, 6.45) is 1.26. The van der Waals surface area contributed by atoms with Crippen LogP contribution in [0.4, 0.5) is 10.2 Å². The van der Waals surface area contributed by atoms with E-state index in [0.29, 0.717) is 5.56 Å². The van der Waals surface area contributed by atoms with Crippen molar-refractivity contribution in [2.24, 2.45) is 0 Å². The molecule has 18 heavy (non-hydrogen) atoms. The van der Waals surface area contributed by atoms with Gasteiger partial charge in [-0.15, -0.1) is 0 Å². The zero-order chi connectivity index (χ0) is 13.0. The standard InChI is InChI=1S/C12H12FN3O2/c1-18-10-11(15-7-16-12(10)17)14-6-8-4-2-3-5-9(8)13/h2-5,7H,6H2,1H3,(H2,14,15,16,17). The first-order valence-electron chi connectivity index (χ1n) is 5.31. The molecule has 2 aromatic rings. The van der Waals surface area contributed by atoms with E-state index < -0.39 is 0 Å². The monoisotopic (exact) mass is 249 g/mol. The second-order valence-electron chi connectivity index (χ2n) is 3.56. The second kappa shape index (κ2) is 5.31. The Morgan fingerprint density at radius 1 is 1.44 bits per heavy atom. The number of nitrogens with one attached hydrogen (secondary N) is 2. The van der Waals surface area contributed by atoms with Crippen molar-refractivity contribution in [2.75, 3.05) is 12.4 Å². The molecule has 1 aromatic heterocycles. The van der Waals surface area contributed by atoms with Crippen LogP contribution in [-0.2, 0) is 6.54 Å². The number of aromatic nitrogens is 2. The van der Waals surface area contributed by atoms with Crippen molar-refractivity contribution in [3.05, 3.63) is 52.3 Å². The summed E-state index contributed by atoms with van der Waals surface area (Å²) in [7, 11) is 1.38. The van der Waals surface area contributed by atoms with Gasteiger partial charge in [-0.25, -0.2) is 9.37 Å². The topological polar surface area (TPSA) is 67.0 Å². The minimum absolute atomic E-state index is 0.0776. The van der Waals surface area contributed by atoms with Crippen molar-refractivity contribution >= 4 is 5.82 Å². The summed E-state index contributed by atoms with van der Waals surface area (Å²) in [6.45, 7) is 0.222. The Kier molecular flexibility index (Phi) is 3.57. The Labute approximate surface area is 103 Å². The normalized spacial score (nSPS) is 10.1. The van der Waals surface area contributed by atoms with Gasteiger partial charge in [0.05, 0.1) is 13.4 Å². The molecule has 1 aromatic carbocycles. The average Bonchev–Trinajstić information content (AvgIpc) is 2.38. The Morgan fingerprint density at radius 3 is 2.94 bits per heavy atom. The average molecular weight is 249 g/mol. The number of halogens is 1. The molecule has 0 aliphatic heterocycles. The van der Waals surface area contributed by atoms with E-state index >= 15 is 0 Å². The number of H-pyrrole nitrogens is 1. The van der Waals surface area contributed by atoms with Gasteiger partial charge in [-0.3, -0.25) is 4.79 Å². The number of hydrogen-bond acceptors (Lipinski definition) is 4. The minimum atomic E-state index is -0.386. The lowest BCUT2D eigenvalue weighted by Crippen LogP contribution is -2.14. The van der Waals surface area contributed by atoms with Gasteiger partial charge in [0.25, 0.3) is 5.56 Å². The Morgan fingerprint density at radius 2 is 2.22 bits per heavy atom. The molecule has 6 heteroatoms. The Balaban J connectivity index is 2.19. The fraction of sp³-hybridized carbons (Fsp3) is 0.167. The third-order valence-corrected chi connectivity index (χ3v) is 2.42. The first-order valence-corrected chi connectivity index (χ1v) is 5.31. The van der Waals surface area contributed by atoms with E-state index in [1.54, 1.807) is 18.2 Å². The molecule has 0 atom stereocenters. The summed E-state index contributed by atoms with van der Waals surface area (Å²) in [5.41, 5.74) is 0.102. The van der Waals surface area contributed by atoms with Gasteiger partial charge in [0.1, 0.15) is 5.82 Å². The van der Waals surface area contributed by atoms with Crippen molar-refractivity contribution in [2.45, 2.75) is 6.54 Å². The van der Waals surface area contributed by atoms with Gasteiger partial charge in [0, 0.05) is 12.1 Å². The lowest BCUT2D eigenvalue weighted by atomic mass is 10.2. The number of ether oxygens (including phenoxy) is 1. The molecule has 0 fully saturated rings. The van der Waals surface area contributed by atoms with E-state index in [9.17, 15) is 9.18 Å². The Bertz CT molecular complexity index is 598. The predicted molar refractivity (Wildman–Crippen MR) is 65.1 cm³/mol. The quantitative estimate of drug-likeness (QED) is 0.862. The van der Waals surface area contributed by atoms with Gasteiger partial charge in [0.2, 0.25) is 5.75 Å². The maximum absolute atomic E-state index is 13.4. The predicted octanol–water partition coefficient (Wildman–Crippen LogP) is 1.53. The molecule has 1 heterocycles. The van der Waals surface area contributed by atoms with Crippen molar-refractivity contribution in [1.29, 1.82) is 0 Å². The summed E-state index contributed by atoms with van der Waals surface area (Å²) < 4.78 is 18.3. The van der Waals surface area contributed by atoms with E-state index in [2.05, 4.69) is 15.3 Å². The fourth-order valence-electron chi connectivity index (χ4n) is 1.52. The molecule has 5 nitrogen and oxygen atoms in total. The summed E-state index contributed by atoms with van der Waals surface area (Å²) in [5, 5.41) is 2.87. The van der Waals surface area contributed by atoms with E-state index in [4.69, 9.17) is 4.74 Å².